The van der Waals surface area contributed by atoms with Gasteiger partial charge in [0.05, 0.1) is 5.71 Å². The van der Waals surface area contributed by atoms with Crippen LogP contribution in [0.5, 0.6) is 0 Å². The molecule has 17 heavy (non-hydrogen) atoms. The maximum Gasteiger partial charge on any atom is 0.0633 e. The van der Waals surface area contributed by atoms with E-state index in [1.807, 2.05) is 0 Å². The maximum absolute atomic E-state index is 9.20. The molecular weight excluding hydrogens is 210 g/mol. The van der Waals surface area contributed by atoms with Crippen molar-refractivity contribution in [3.63, 3.8) is 0 Å². The van der Waals surface area contributed by atoms with Crippen molar-refractivity contribution in [2.75, 3.05) is 0 Å². The van der Waals surface area contributed by atoms with E-state index in [0.29, 0.717) is 22.7 Å². The van der Waals surface area contributed by atoms with Gasteiger partial charge in [0.15, 0.2) is 0 Å². The predicted molar refractivity (Wildman–Crippen MR) is 69.3 cm³/mol. The number of nitrogens with zero attached hydrogens (tertiary/aromatic N) is 1. The van der Waals surface area contributed by atoms with Crippen LogP contribution in [0, 0.1) is 28.6 Å². The van der Waals surface area contributed by atoms with Crippen molar-refractivity contribution in [3.05, 3.63) is 0 Å². The molecule has 2 heteroatoms. The molecule has 2 unspecified atom stereocenters. The van der Waals surface area contributed by atoms with Gasteiger partial charge in [-0.3, -0.25) is 0 Å². The first kappa shape index (κ1) is 11.6. The summed E-state index contributed by atoms with van der Waals surface area (Å²) in [6.07, 6.45) is 7.95. The van der Waals surface area contributed by atoms with E-state index in [-0.39, 0.29) is 0 Å². The summed E-state index contributed by atoms with van der Waals surface area (Å²) < 4.78 is 0. The summed E-state index contributed by atoms with van der Waals surface area (Å²) in [4.78, 5) is 0. The van der Waals surface area contributed by atoms with E-state index in [1.165, 1.54) is 38.5 Å². The zero-order valence-electron chi connectivity index (χ0n) is 11.4. The number of rotatable bonds is 1. The number of hydrogen-bond acceptors (Lipinski definition) is 2. The Labute approximate surface area is 104 Å². The Morgan fingerprint density at radius 1 is 1.18 bits per heavy atom. The highest BCUT2D eigenvalue weighted by Crippen LogP contribution is 2.62. The fraction of sp³-hybridized carbons (Fsp3) is 0.933. The lowest BCUT2D eigenvalue weighted by Crippen LogP contribution is -2.52. The lowest BCUT2D eigenvalue weighted by Gasteiger charge is -2.58. The van der Waals surface area contributed by atoms with Crippen LogP contribution in [0.4, 0.5) is 0 Å². The lowest BCUT2D eigenvalue weighted by atomic mass is 9.46. The summed E-state index contributed by atoms with van der Waals surface area (Å²) in [5, 5.41) is 12.8. The minimum Gasteiger partial charge on any atom is -0.411 e. The molecule has 4 fully saturated rings. The van der Waals surface area contributed by atoms with Crippen molar-refractivity contribution in [1.82, 2.24) is 0 Å². The molecule has 0 heterocycles. The molecule has 2 atom stereocenters. The standard InChI is InChI=1S/C15H25NO/c1-14(2,3)9-15-6-10-4-11(7-15)13(16-17)12(5-10)8-15/h10-12,17H,4-9H2,1-3H3. The molecule has 0 saturated heterocycles. The number of hydrogen-bond donors (Lipinski definition) is 1. The summed E-state index contributed by atoms with van der Waals surface area (Å²) in [6, 6.07) is 0. The molecule has 0 aromatic heterocycles. The van der Waals surface area contributed by atoms with E-state index >= 15 is 0 Å². The molecule has 0 amide bonds. The zero-order valence-corrected chi connectivity index (χ0v) is 11.4. The van der Waals surface area contributed by atoms with Crippen molar-refractivity contribution in [2.45, 2.75) is 59.3 Å². The van der Waals surface area contributed by atoms with E-state index in [2.05, 4.69) is 25.9 Å². The second-order valence-electron chi connectivity index (χ2n) is 8.11. The van der Waals surface area contributed by atoms with Gasteiger partial charge < -0.3 is 5.21 Å². The Hall–Kier alpha value is -0.530. The van der Waals surface area contributed by atoms with Gasteiger partial charge in [0, 0.05) is 11.8 Å². The van der Waals surface area contributed by atoms with Crippen LogP contribution in [0.2, 0.25) is 0 Å². The molecule has 96 valence electrons. The smallest absolute Gasteiger partial charge is 0.0633 e. The summed E-state index contributed by atoms with van der Waals surface area (Å²) in [6.45, 7) is 7.10. The first-order valence-electron chi connectivity index (χ1n) is 7.13. The highest BCUT2D eigenvalue weighted by atomic mass is 16.4. The average Bonchev–Trinajstić information content (AvgIpc) is 2.11. The van der Waals surface area contributed by atoms with E-state index in [4.69, 9.17) is 0 Å². The molecule has 0 radical (unpaired) electrons. The first-order valence-corrected chi connectivity index (χ1v) is 7.13. The van der Waals surface area contributed by atoms with Crippen molar-refractivity contribution in [2.24, 2.45) is 33.7 Å². The Morgan fingerprint density at radius 3 is 2.24 bits per heavy atom. The minimum atomic E-state index is 0.433. The largest absolute Gasteiger partial charge is 0.411 e. The first-order chi connectivity index (χ1) is 7.91. The molecule has 0 spiro atoms. The van der Waals surface area contributed by atoms with Crippen LogP contribution in [0.3, 0.4) is 0 Å². The zero-order chi connectivity index (χ0) is 12.3. The molecule has 0 aliphatic heterocycles. The lowest BCUT2D eigenvalue weighted by molar-refractivity contribution is -0.0162. The van der Waals surface area contributed by atoms with Crippen LogP contribution in [0.25, 0.3) is 0 Å². The molecule has 1 N–H and O–H groups in total. The fourth-order valence-corrected chi connectivity index (χ4v) is 5.43. The summed E-state index contributed by atoms with van der Waals surface area (Å²) in [7, 11) is 0. The highest BCUT2D eigenvalue weighted by Gasteiger charge is 2.54. The monoisotopic (exact) mass is 235 g/mol. The Morgan fingerprint density at radius 2 is 1.76 bits per heavy atom. The molecule has 0 aromatic carbocycles. The normalized spacial score (nSPS) is 44.2. The van der Waals surface area contributed by atoms with Gasteiger partial charge in [-0.2, -0.15) is 0 Å². The van der Waals surface area contributed by atoms with Crippen molar-refractivity contribution >= 4 is 5.71 Å². The number of oxime groups is 1. The summed E-state index contributed by atoms with van der Waals surface area (Å²) >= 11 is 0. The molecule has 4 aliphatic rings. The van der Waals surface area contributed by atoms with Gasteiger partial charge in [-0.1, -0.05) is 25.9 Å². The van der Waals surface area contributed by atoms with Gasteiger partial charge in [0.2, 0.25) is 0 Å². The molecule has 4 aliphatic carbocycles. The minimum absolute atomic E-state index is 0.433. The van der Waals surface area contributed by atoms with Crippen molar-refractivity contribution in [3.8, 4) is 0 Å². The van der Waals surface area contributed by atoms with Gasteiger partial charge in [0.25, 0.3) is 0 Å². The van der Waals surface area contributed by atoms with E-state index in [1.54, 1.807) is 0 Å². The van der Waals surface area contributed by atoms with Gasteiger partial charge in [-0.25, -0.2) is 0 Å². The quantitative estimate of drug-likeness (QED) is 0.539. The van der Waals surface area contributed by atoms with E-state index < -0.39 is 0 Å². The third kappa shape index (κ3) is 1.90. The van der Waals surface area contributed by atoms with Gasteiger partial charge >= 0.3 is 0 Å². The molecular formula is C15H25NO. The van der Waals surface area contributed by atoms with Crippen LogP contribution in [0.1, 0.15) is 59.3 Å². The SMILES string of the molecule is CC(C)(C)CC12CC3CC(C1)C(=NO)C(C3)C2. The highest BCUT2D eigenvalue weighted by molar-refractivity contribution is 5.90. The third-order valence-corrected chi connectivity index (χ3v) is 5.17. The Balaban J connectivity index is 1.87. The topological polar surface area (TPSA) is 32.6 Å². The molecule has 4 saturated carbocycles. The molecule has 2 nitrogen and oxygen atoms in total. The molecule has 4 bridgehead atoms. The van der Waals surface area contributed by atoms with Gasteiger partial charge in [-0.05, 0) is 55.3 Å². The average molecular weight is 235 g/mol. The van der Waals surface area contributed by atoms with Crippen LogP contribution in [-0.4, -0.2) is 10.9 Å². The van der Waals surface area contributed by atoms with E-state index in [9.17, 15) is 5.21 Å². The van der Waals surface area contributed by atoms with Gasteiger partial charge in [0.1, 0.15) is 0 Å². The second-order valence-corrected chi connectivity index (χ2v) is 8.11. The molecule has 4 rings (SSSR count). The van der Waals surface area contributed by atoms with Crippen molar-refractivity contribution in [1.29, 1.82) is 0 Å². The Bertz CT molecular complexity index is 334. The fourth-order valence-electron chi connectivity index (χ4n) is 5.43. The second kappa shape index (κ2) is 3.49. The van der Waals surface area contributed by atoms with Crippen molar-refractivity contribution < 1.29 is 5.21 Å². The maximum atomic E-state index is 9.20. The van der Waals surface area contributed by atoms with Gasteiger partial charge in [-0.15, -0.1) is 0 Å². The predicted octanol–water partition coefficient (Wildman–Crippen LogP) is 4.08. The van der Waals surface area contributed by atoms with Crippen LogP contribution in [-0.2, 0) is 0 Å². The molecule has 0 aromatic rings. The van der Waals surface area contributed by atoms with Crippen LogP contribution in [0.15, 0.2) is 5.16 Å². The van der Waals surface area contributed by atoms with E-state index in [0.717, 1.165) is 11.6 Å². The summed E-state index contributed by atoms with van der Waals surface area (Å²) in [5.74, 6) is 2.13. The van der Waals surface area contributed by atoms with Crippen LogP contribution < -0.4 is 0 Å². The summed E-state index contributed by atoms with van der Waals surface area (Å²) in [5.41, 5.74) is 2.15. The third-order valence-electron chi connectivity index (χ3n) is 5.17. The van der Waals surface area contributed by atoms with Crippen LogP contribution >= 0.6 is 0 Å². The Kier molecular flexibility index (Phi) is 2.37.